The summed E-state index contributed by atoms with van der Waals surface area (Å²) in [6.45, 7) is 12.2. The minimum atomic E-state index is 0.202. The van der Waals surface area contributed by atoms with Gasteiger partial charge in [0.1, 0.15) is 0 Å². The van der Waals surface area contributed by atoms with E-state index in [0.29, 0.717) is 6.04 Å². The van der Waals surface area contributed by atoms with Crippen LogP contribution in [0.3, 0.4) is 0 Å². The van der Waals surface area contributed by atoms with Crippen LogP contribution in [0.4, 0.5) is 0 Å². The molecule has 0 radical (unpaired) electrons. The summed E-state index contributed by atoms with van der Waals surface area (Å²) in [6, 6.07) is 9.41. The first-order chi connectivity index (χ1) is 10.4. The van der Waals surface area contributed by atoms with Crippen LogP contribution in [0.1, 0.15) is 51.6 Å². The van der Waals surface area contributed by atoms with Gasteiger partial charge < -0.3 is 5.32 Å². The monoisotopic (exact) mass is 316 g/mol. The van der Waals surface area contributed by atoms with E-state index in [1.54, 1.807) is 11.3 Å². The van der Waals surface area contributed by atoms with E-state index < -0.39 is 0 Å². The second kappa shape index (κ2) is 7.38. The van der Waals surface area contributed by atoms with Crippen molar-refractivity contribution in [3.8, 4) is 11.3 Å². The Balaban J connectivity index is 1.99. The maximum absolute atomic E-state index is 4.77. The zero-order chi connectivity index (χ0) is 16.2. The molecule has 2 aromatic rings. The van der Waals surface area contributed by atoms with Crippen LogP contribution in [-0.4, -0.2) is 17.6 Å². The summed E-state index contributed by atoms with van der Waals surface area (Å²) >= 11 is 1.76. The van der Waals surface area contributed by atoms with Crippen LogP contribution in [0, 0.1) is 0 Å². The molecule has 120 valence electrons. The number of hydrogen-bond donors (Lipinski definition) is 1. The molecule has 1 unspecified atom stereocenters. The molecular formula is C19H28N2S. The molecule has 3 heteroatoms. The molecule has 0 aliphatic rings. The molecule has 1 N–H and O–H groups in total. The molecule has 2 nitrogen and oxygen atoms in total. The molecule has 0 fully saturated rings. The van der Waals surface area contributed by atoms with Gasteiger partial charge in [0.05, 0.1) is 10.7 Å². The standard InChI is InChI=1S/C19H28N2S/c1-6-14(2)20-12-11-18-21-17(13-22-18)15-7-9-16(10-8-15)19(3,4)5/h7-10,13-14,20H,6,11-12H2,1-5H3. The Bertz CT molecular complexity index is 578. The fraction of sp³-hybridized carbons (Fsp3) is 0.526. The summed E-state index contributed by atoms with van der Waals surface area (Å²) in [5, 5.41) is 6.91. The number of aromatic nitrogens is 1. The zero-order valence-corrected chi connectivity index (χ0v) is 15.3. The van der Waals surface area contributed by atoms with E-state index in [4.69, 9.17) is 4.98 Å². The van der Waals surface area contributed by atoms with Gasteiger partial charge in [-0.2, -0.15) is 0 Å². The first-order valence-electron chi connectivity index (χ1n) is 8.19. The summed E-state index contributed by atoms with van der Waals surface area (Å²) in [5.41, 5.74) is 3.88. The summed E-state index contributed by atoms with van der Waals surface area (Å²) in [5.74, 6) is 0. The zero-order valence-electron chi connectivity index (χ0n) is 14.4. The van der Waals surface area contributed by atoms with Crippen molar-refractivity contribution in [2.24, 2.45) is 0 Å². The first-order valence-corrected chi connectivity index (χ1v) is 9.07. The molecule has 0 amide bonds. The maximum atomic E-state index is 4.77. The normalized spacial score (nSPS) is 13.3. The molecule has 1 heterocycles. The Morgan fingerprint density at radius 2 is 1.86 bits per heavy atom. The topological polar surface area (TPSA) is 24.9 Å². The van der Waals surface area contributed by atoms with Gasteiger partial charge in [-0.3, -0.25) is 0 Å². The van der Waals surface area contributed by atoms with Crippen molar-refractivity contribution in [1.29, 1.82) is 0 Å². The van der Waals surface area contributed by atoms with Gasteiger partial charge in [0.25, 0.3) is 0 Å². The smallest absolute Gasteiger partial charge is 0.0945 e. The van der Waals surface area contributed by atoms with Crippen molar-refractivity contribution in [2.45, 2.75) is 58.9 Å². The summed E-state index contributed by atoms with van der Waals surface area (Å²) < 4.78 is 0. The number of benzene rings is 1. The lowest BCUT2D eigenvalue weighted by Crippen LogP contribution is -2.27. The van der Waals surface area contributed by atoms with E-state index >= 15 is 0 Å². The molecule has 0 aliphatic heterocycles. The highest BCUT2D eigenvalue weighted by atomic mass is 32.1. The predicted molar refractivity (Wildman–Crippen MR) is 97.7 cm³/mol. The van der Waals surface area contributed by atoms with Gasteiger partial charge in [-0.15, -0.1) is 11.3 Å². The van der Waals surface area contributed by atoms with Crippen LogP contribution in [0.15, 0.2) is 29.6 Å². The van der Waals surface area contributed by atoms with Crippen LogP contribution in [0.5, 0.6) is 0 Å². The van der Waals surface area contributed by atoms with Gasteiger partial charge in [-0.05, 0) is 24.3 Å². The van der Waals surface area contributed by atoms with E-state index in [9.17, 15) is 0 Å². The lowest BCUT2D eigenvalue weighted by molar-refractivity contribution is 0.537. The van der Waals surface area contributed by atoms with Crippen LogP contribution in [0.2, 0.25) is 0 Å². The highest BCUT2D eigenvalue weighted by Crippen LogP contribution is 2.27. The summed E-state index contributed by atoms with van der Waals surface area (Å²) in [4.78, 5) is 4.77. The number of hydrogen-bond acceptors (Lipinski definition) is 3. The third kappa shape index (κ3) is 4.65. The molecule has 0 saturated carbocycles. The van der Waals surface area contributed by atoms with E-state index in [2.05, 4.69) is 69.6 Å². The second-order valence-corrected chi connectivity index (χ2v) is 7.91. The fourth-order valence-corrected chi connectivity index (χ4v) is 3.08. The van der Waals surface area contributed by atoms with Crippen molar-refractivity contribution in [3.63, 3.8) is 0 Å². The van der Waals surface area contributed by atoms with Gasteiger partial charge in [0.2, 0.25) is 0 Å². The lowest BCUT2D eigenvalue weighted by Gasteiger charge is -2.18. The number of nitrogens with zero attached hydrogens (tertiary/aromatic N) is 1. The number of nitrogens with one attached hydrogen (secondary N) is 1. The predicted octanol–water partition coefficient (Wildman–Crippen LogP) is 5.04. The molecule has 1 atom stereocenters. The molecule has 1 aromatic heterocycles. The largest absolute Gasteiger partial charge is 0.314 e. The van der Waals surface area contributed by atoms with Gasteiger partial charge >= 0.3 is 0 Å². The molecule has 0 aliphatic carbocycles. The molecule has 0 bridgehead atoms. The Morgan fingerprint density at radius 1 is 1.18 bits per heavy atom. The molecular weight excluding hydrogens is 288 g/mol. The van der Waals surface area contributed by atoms with E-state index in [0.717, 1.165) is 18.7 Å². The third-order valence-corrected chi connectivity index (χ3v) is 4.95. The van der Waals surface area contributed by atoms with E-state index in [1.807, 2.05) is 0 Å². The lowest BCUT2D eigenvalue weighted by atomic mass is 9.86. The van der Waals surface area contributed by atoms with Crippen LogP contribution in [0.25, 0.3) is 11.3 Å². The number of thiazole rings is 1. The van der Waals surface area contributed by atoms with Gasteiger partial charge in [0, 0.05) is 30.0 Å². The first kappa shape index (κ1) is 17.2. The van der Waals surface area contributed by atoms with Crippen LogP contribution >= 0.6 is 11.3 Å². The van der Waals surface area contributed by atoms with Crippen LogP contribution < -0.4 is 5.32 Å². The highest BCUT2D eigenvalue weighted by molar-refractivity contribution is 7.09. The Hall–Kier alpha value is -1.19. The molecule has 22 heavy (non-hydrogen) atoms. The van der Waals surface area contributed by atoms with Crippen LogP contribution in [-0.2, 0) is 11.8 Å². The van der Waals surface area contributed by atoms with Gasteiger partial charge in [-0.25, -0.2) is 4.98 Å². The van der Waals surface area contributed by atoms with Crippen molar-refractivity contribution >= 4 is 11.3 Å². The van der Waals surface area contributed by atoms with Crippen molar-refractivity contribution in [3.05, 3.63) is 40.2 Å². The molecule has 2 rings (SSSR count). The quantitative estimate of drug-likeness (QED) is 0.807. The minimum absolute atomic E-state index is 0.202. The van der Waals surface area contributed by atoms with E-state index in [-0.39, 0.29) is 5.41 Å². The van der Waals surface area contributed by atoms with Crippen molar-refractivity contribution < 1.29 is 0 Å². The molecule has 1 aromatic carbocycles. The summed E-state index contributed by atoms with van der Waals surface area (Å²) in [7, 11) is 0. The average molecular weight is 317 g/mol. The Labute approximate surface area is 139 Å². The fourth-order valence-electron chi connectivity index (χ4n) is 2.27. The summed E-state index contributed by atoms with van der Waals surface area (Å²) in [6.07, 6.45) is 2.18. The SMILES string of the molecule is CCC(C)NCCc1nc(-c2ccc(C(C)(C)C)cc2)cs1. The van der Waals surface area contributed by atoms with E-state index in [1.165, 1.54) is 22.6 Å². The molecule has 0 saturated heterocycles. The number of rotatable bonds is 6. The maximum Gasteiger partial charge on any atom is 0.0945 e. The molecule has 0 spiro atoms. The van der Waals surface area contributed by atoms with Gasteiger partial charge in [-0.1, -0.05) is 52.0 Å². The van der Waals surface area contributed by atoms with Crippen molar-refractivity contribution in [1.82, 2.24) is 10.3 Å². The van der Waals surface area contributed by atoms with Gasteiger partial charge in [0.15, 0.2) is 0 Å². The second-order valence-electron chi connectivity index (χ2n) is 6.97. The highest BCUT2D eigenvalue weighted by Gasteiger charge is 2.13. The average Bonchev–Trinajstić information content (AvgIpc) is 2.95. The minimum Gasteiger partial charge on any atom is -0.314 e. The van der Waals surface area contributed by atoms with Crippen molar-refractivity contribution in [2.75, 3.05) is 6.54 Å². The Kier molecular flexibility index (Phi) is 5.76. The third-order valence-electron chi connectivity index (χ3n) is 4.04. The Morgan fingerprint density at radius 3 is 2.45 bits per heavy atom.